The van der Waals surface area contributed by atoms with Crippen LogP contribution in [0.4, 0.5) is 5.69 Å². The number of amides is 1. The number of benzene rings is 2. The third-order valence-electron chi connectivity index (χ3n) is 4.50. The number of phenolic OH excluding ortho intramolecular Hbond substituents is 1. The van der Waals surface area contributed by atoms with Crippen molar-refractivity contribution in [2.45, 2.75) is 25.3 Å². The van der Waals surface area contributed by atoms with Crippen LogP contribution in [0.1, 0.15) is 28.8 Å². The molecule has 0 aromatic heterocycles. The molecule has 0 saturated carbocycles. The van der Waals surface area contributed by atoms with E-state index in [4.69, 9.17) is 4.74 Å². The lowest BCUT2D eigenvalue weighted by Gasteiger charge is -2.17. The molecule has 0 heterocycles. The lowest BCUT2D eigenvalue weighted by atomic mass is 10.1. The van der Waals surface area contributed by atoms with Crippen molar-refractivity contribution in [1.82, 2.24) is 10.6 Å². The number of phenols is 1. The minimum Gasteiger partial charge on any atom is -0.507 e. The topological polar surface area (TPSA) is 99.7 Å². The summed E-state index contributed by atoms with van der Waals surface area (Å²) in [5.41, 5.74) is 1.73. The molecule has 0 aliphatic carbocycles. The van der Waals surface area contributed by atoms with Crippen molar-refractivity contribution >= 4 is 17.6 Å². The van der Waals surface area contributed by atoms with Gasteiger partial charge in [0.25, 0.3) is 5.91 Å². The number of carbonyl (C=O) groups is 2. The predicted molar refractivity (Wildman–Crippen MR) is 113 cm³/mol. The number of carbonyl (C=O) groups excluding carboxylic acids is 2. The van der Waals surface area contributed by atoms with Crippen LogP contribution in [0.3, 0.4) is 0 Å². The van der Waals surface area contributed by atoms with Crippen molar-refractivity contribution in [2.75, 3.05) is 32.6 Å². The number of esters is 1. The van der Waals surface area contributed by atoms with Crippen molar-refractivity contribution in [3.63, 3.8) is 0 Å². The smallest absolute Gasteiger partial charge is 0.328 e. The molecule has 2 aromatic carbocycles. The molecule has 29 heavy (non-hydrogen) atoms. The summed E-state index contributed by atoms with van der Waals surface area (Å²) in [4.78, 5) is 24.7. The Kier molecular flexibility index (Phi) is 8.98. The summed E-state index contributed by atoms with van der Waals surface area (Å²) in [6.45, 7) is 1.73. The van der Waals surface area contributed by atoms with Gasteiger partial charge in [-0.3, -0.25) is 4.79 Å². The van der Waals surface area contributed by atoms with Gasteiger partial charge in [-0.25, -0.2) is 4.79 Å². The average molecular weight is 399 g/mol. The Balaban J connectivity index is 2.00. The highest BCUT2D eigenvalue weighted by Crippen LogP contribution is 2.22. The van der Waals surface area contributed by atoms with Gasteiger partial charge in [0.1, 0.15) is 11.8 Å². The summed E-state index contributed by atoms with van der Waals surface area (Å²) >= 11 is 0. The monoisotopic (exact) mass is 399 g/mol. The highest BCUT2D eigenvalue weighted by Gasteiger charge is 2.24. The van der Waals surface area contributed by atoms with E-state index in [0.717, 1.165) is 37.2 Å². The second kappa shape index (κ2) is 11.7. The first-order valence-corrected chi connectivity index (χ1v) is 9.69. The molecule has 0 spiro atoms. The third-order valence-corrected chi connectivity index (χ3v) is 4.50. The number of nitrogens with one attached hydrogen (secondary N) is 3. The number of methoxy groups -OCH3 is 1. The Bertz CT molecular complexity index is 796. The Morgan fingerprint density at radius 2 is 1.79 bits per heavy atom. The van der Waals surface area contributed by atoms with Crippen molar-refractivity contribution in [3.8, 4) is 5.75 Å². The van der Waals surface area contributed by atoms with E-state index >= 15 is 0 Å². The number of hydrogen-bond donors (Lipinski definition) is 4. The van der Waals surface area contributed by atoms with Gasteiger partial charge in [-0.1, -0.05) is 30.3 Å². The van der Waals surface area contributed by atoms with Gasteiger partial charge >= 0.3 is 5.97 Å². The van der Waals surface area contributed by atoms with Crippen LogP contribution in [-0.2, 0) is 16.0 Å². The van der Waals surface area contributed by atoms with Crippen LogP contribution in [0.5, 0.6) is 5.75 Å². The summed E-state index contributed by atoms with van der Waals surface area (Å²) in [7, 11) is 3.20. The zero-order valence-corrected chi connectivity index (χ0v) is 16.9. The number of unbranched alkanes of at least 4 members (excludes halogenated alkanes) is 1. The second-order valence-corrected chi connectivity index (χ2v) is 6.71. The molecule has 2 rings (SSSR count). The number of anilines is 1. The maximum absolute atomic E-state index is 12.6. The van der Waals surface area contributed by atoms with E-state index in [-0.39, 0.29) is 11.3 Å². The molecule has 0 radical (unpaired) electrons. The van der Waals surface area contributed by atoms with Gasteiger partial charge in [0.15, 0.2) is 0 Å². The largest absolute Gasteiger partial charge is 0.507 e. The molecular formula is C22H29N3O4. The predicted octanol–water partition coefficient (Wildman–Crippen LogP) is 2.32. The van der Waals surface area contributed by atoms with Crippen LogP contribution >= 0.6 is 0 Å². The minimum absolute atomic E-state index is 0.104. The van der Waals surface area contributed by atoms with E-state index in [1.54, 1.807) is 6.07 Å². The molecule has 0 saturated heterocycles. The average Bonchev–Trinajstić information content (AvgIpc) is 2.73. The third kappa shape index (κ3) is 7.12. The fourth-order valence-corrected chi connectivity index (χ4v) is 2.91. The van der Waals surface area contributed by atoms with Crippen LogP contribution in [0.2, 0.25) is 0 Å². The van der Waals surface area contributed by atoms with Gasteiger partial charge in [0.05, 0.1) is 12.7 Å². The number of aromatic hydroxyl groups is 1. The van der Waals surface area contributed by atoms with Crippen LogP contribution in [0, 0.1) is 0 Å². The van der Waals surface area contributed by atoms with E-state index in [1.807, 2.05) is 37.4 Å². The normalized spacial score (nSPS) is 11.5. The van der Waals surface area contributed by atoms with E-state index < -0.39 is 17.9 Å². The Morgan fingerprint density at radius 1 is 1.07 bits per heavy atom. The van der Waals surface area contributed by atoms with Crippen molar-refractivity contribution in [3.05, 3.63) is 59.7 Å². The van der Waals surface area contributed by atoms with Gasteiger partial charge < -0.3 is 25.8 Å². The van der Waals surface area contributed by atoms with Crippen LogP contribution in [0.25, 0.3) is 0 Å². The van der Waals surface area contributed by atoms with Gasteiger partial charge in [0, 0.05) is 24.7 Å². The van der Waals surface area contributed by atoms with Gasteiger partial charge in [-0.05, 0) is 44.1 Å². The molecular weight excluding hydrogens is 370 g/mol. The number of ether oxygens (including phenoxy) is 1. The highest BCUT2D eigenvalue weighted by molar-refractivity contribution is 5.99. The fourth-order valence-electron chi connectivity index (χ4n) is 2.91. The molecule has 0 bridgehead atoms. The van der Waals surface area contributed by atoms with Crippen LogP contribution in [-0.4, -0.2) is 50.3 Å². The lowest BCUT2D eigenvalue weighted by molar-refractivity contribution is -0.142. The van der Waals surface area contributed by atoms with Gasteiger partial charge in [0.2, 0.25) is 0 Å². The maximum Gasteiger partial charge on any atom is 0.328 e. The molecule has 0 fully saturated rings. The van der Waals surface area contributed by atoms with Gasteiger partial charge in [-0.15, -0.1) is 0 Å². The molecule has 4 N–H and O–H groups in total. The van der Waals surface area contributed by atoms with Gasteiger partial charge in [-0.2, -0.15) is 0 Å². The maximum atomic E-state index is 12.6. The van der Waals surface area contributed by atoms with Crippen molar-refractivity contribution in [2.24, 2.45) is 0 Å². The first-order chi connectivity index (χ1) is 14.0. The van der Waals surface area contributed by atoms with E-state index in [9.17, 15) is 14.7 Å². The minimum atomic E-state index is -0.848. The van der Waals surface area contributed by atoms with E-state index in [2.05, 4.69) is 16.0 Å². The summed E-state index contributed by atoms with van der Waals surface area (Å²) < 4.78 is 4.81. The van der Waals surface area contributed by atoms with Crippen molar-refractivity contribution < 1.29 is 19.4 Å². The molecule has 156 valence electrons. The number of hydrogen-bond acceptors (Lipinski definition) is 6. The quantitative estimate of drug-likeness (QED) is 0.342. The zero-order valence-electron chi connectivity index (χ0n) is 16.9. The second-order valence-electron chi connectivity index (χ2n) is 6.71. The fraction of sp³-hybridized carbons (Fsp3) is 0.364. The molecule has 0 unspecified atom stereocenters. The first kappa shape index (κ1) is 22.2. The van der Waals surface area contributed by atoms with Crippen LogP contribution in [0.15, 0.2) is 48.5 Å². The highest BCUT2D eigenvalue weighted by atomic mass is 16.5. The Labute approximate surface area is 171 Å². The summed E-state index contributed by atoms with van der Waals surface area (Å²) in [5.74, 6) is -1.22. The van der Waals surface area contributed by atoms with E-state index in [1.165, 1.54) is 19.2 Å². The summed E-state index contributed by atoms with van der Waals surface area (Å²) in [5, 5.41) is 19.2. The Morgan fingerprint density at radius 3 is 2.45 bits per heavy atom. The van der Waals surface area contributed by atoms with Crippen LogP contribution < -0.4 is 16.0 Å². The molecule has 2 aromatic rings. The molecule has 1 amide bonds. The summed E-state index contributed by atoms with van der Waals surface area (Å²) in [6, 6.07) is 13.3. The molecule has 7 nitrogen and oxygen atoms in total. The van der Waals surface area contributed by atoms with E-state index in [0.29, 0.717) is 6.42 Å². The lowest BCUT2D eigenvalue weighted by Crippen LogP contribution is -2.43. The molecule has 1 atom stereocenters. The molecule has 0 aliphatic rings. The SMILES string of the molecule is CNCCCCNc1ccc(C(=O)N[C@@H](Cc2ccccc2)C(=O)OC)c(O)c1. The first-order valence-electron chi connectivity index (χ1n) is 9.69. The zero-order chi connectivity index (χ0) is 21.1. The summed E-state index contributed by atoms with van der Waals surface area (Å²) in [6.07, 6.45) is 2.34. The molecule has 0 aliphatic heterocycles. The Hall–Kier alpha value is -3.06. The van der Waals surface area contributed by atoms with Crippen molar-refractivity contribution in [1.29, 1.82) is 0 Å². The standard InChI is InChI=1S/C22H29N3O4/c1-23-12-6-7-13-24-17-10-11-18(20(26)15-17)21(27)25-19(22(28)29-2)14-16-8-4-3-5-9-16/h3-5,8-11,15,19,23-24,26H,6-7,12-14H2,1-2H3,(H,25,27)/t19-/m0/s1. The molecule has 7 heteroatoms. The number of rotatable bonds is 11.